The molecule has 0 aromatic carbocycles. The molecule has 0 saturated carbocycles. The van der Waals surface area contributed by atoms with E-state index >= 15 is 0 Å². The zero-order valence-electron chi connectivity index (χ0n) is 16.1. The van der Waals surface area contributed by atoms with Crippen LogP contribution < -0.4 is 5.32 Å². The fraction of sp³-hybridized carbons (Fsp3) is 0.333. The average molecular weight is 410 g/mol. The fourth-order valence-electron chi connectivity index (χ4n) is 3.73. The Morgan fingerprint density at radius 1 is 1.28 bits per heavy atom. The van der Waals surface area contributed by atoms with Gasteiger partial charge in [0, 0.05) is 62.2 Å². The molecule has 1 fully saturated rings. The highest BCUT2D eigenvalue weighted by atomic mass is 32.1. The van der Waals surface area contributed by atoms with Crippen molar-refractivity contribution in [2.45, 2.75) is 12.3 Å². The summed E-state index contributed by atoms with van der Waals surface area (Å²) in [4.78, 5) is 37.4. The molecule has 2 amide bonds. The number of rotatable bonds is 6. The molecule has 8 heteroatoms. The van der Waals surface area contributed by atoms with Crippen LogP contribution in [0.5, 0.6) is 0 Å². The maximum Gasteiger partial charge on any atom is 0.261 e. The number of nitrogens with zero attached hydrogens (tertiary/aromatic N) is 3. The molecule has 4 rings (SSSR count). The van der Waals surface area contributed by atoms with Crippen molar-refractivity contribution in [2.75, 3.05) is 33.4 Å². The number of likely N-dealkylation sites (tertiary alicyclic amines) is 1. The van der Waals surface area contributed by atoms with Crippen LogP contribution in [0.15, 0.2) is 42.9 Å². The lowest BCUT2D eigenvalue weighted by Crippen LogP contribution is -2.29. The Morgan fingerprint density at radius 3 is 2.90 bits per heavy atom. The highest BCUT2D eigenvalue weighted by Gasteiger charge is 2.33. The first-order chi connectivity index (χ1) is 14.2. The van der Waals surface area contributed by atoms with Crippen LogP contribution in [-0.2, 0) is 4.74 Å². The van der Waals surface area contributed by atoms with Crippen LogP contribution in [0.1, 0.15) is 37.9 Å². The van der Waals surface area contributed by atoms with Gasteiger partial charge in [-0.3, -0.25) is 14.6 Å². The van der Waals surface area contributed by atoms with Crippen molar-refractivity contribution >= 4 is 33.4 Å². The van der Waals surface area contributed by atoms with Crippen molar-refractivity contribution in [3.8, 4) is 0 Å². The number of carbonyl (C=O) groups is 2. The largest absolute Gasteiger partial charge is 0.383 e. The van der Waals surface area contributed by atoms with Gasteiger partial charge in [0.1, 0.15) is 4.83 Å². The minimum absolute atomic E-state index is 0.00124. The molecule has 0 bridgehead atoms. The molecule has 7 nitrogen and oxygen atoms in total. The number of fused-ring (bicyclic) bond motifs is 1. The van der Waals surface area contributed by atoms with Crippen molar-refractivity contribution in [3.05, 3.63) is 58.9 Å². The Balaban J connectivity index is 1.61. The van der Waals surface area contributed by atoms with E-state index in [1.165, 1.54) is 11.3 Å². The van der Waals surface area contributed by atoms with Gasteiger partial charge in [0.25, 0.3) is 11.8 Å². The van der Waals surface area contributed by atoms with Gasteiger partial charge in [0.05, 0.1) is 11.5 Å². The molecule has 0 aliphatic carbocycles. The molecular formula is C21H22N4O3S. The Hall–Kier alpha value is -2.84. The Kier molecular flexibility index (Phi) is 5.82. The summed E-state index contributed by atoms with van der Waals surface area (Å²) in [5.74, 6) is -0.0143. The van der Waals surface area contributed by atoms with E-state index in [0.717, 1.165) is 22.2 Å². The molecule has 0 unspecified atom stereocenters. The first-order valence-corrected chi connectivity index (χ1v) is 10.3. The number of carbonyl (C=O) groups excluding carboxylic acids is 2. The molecule has 150 valence electrons. The lowest BCUT2D eigenvalue weighted by Gasteiger charge is -2.17. The van der Waals surface area contributed by atoms with Gasteiger partial charge < -0.3 is 15.0 Å². The lowest BCUT2D eigenvalue weighted by molar-refractivity contribution is 0.0790. The van der Waals surface area contributed by atoms with Gasteiger partial charge in [-0.25, -0.2) is 4.98 Å². The molecule has 3 aromatic rings. The van der Waals surface area contributed by atoms with Crippen LogP contribution in [0, 0.1) is 0 Å². The number of pyridine rings is 2. The van der Waals surface area contributed by atoms with Gasteiger partial charge in [0.15, 0.2) is 0 Å². The van der Waals surface area contributed by atoms with Crippen LogP contribution >= 0.6 is 11.3 Å². The number of methoxy groups -OCH3 is 1. The van der Waals surface area contributed by atoms with Gasteiger partial charge in [0.2, 0.25) is 0 Å². The molecule has 1 aliphatic heterocycles. The number of aromatic nitrogens is 2. The maximum absolute atomic E-state index is 12.8. The molecule has 29 heavy (non-hydrogen) atoms. The Labute approximate surface area is 172 Å². The molecule has 1 saturated heterocycles. The first kappa shape index (κ1) is 19.5. The number of nitrogens with one attached hydrogen (secondary N) is 1. The third-order valence-corrected chi connectivity index (χ3v) is 6.24. The van der Waals surface area contributed by atoms with E-state index < -0.39 is 0 Å². The summed E-state index contributed by atoms with van der Waals surface area (Å²) in [5.41, 5.74) is 1.63. The third kappa shape index (κ3) is 3.99. The van der Waals surface area contributed by atoms with E-state index in [0.29, 0.717) is 36.7 Å². The van der Waals surface area contributed by atoms with Gasteiger partial charge in [-0.05, 0) is 30.2 Å². The second-order valence-corrected chi connectivity index (χ2v) is 7.92. The van der Waals surface area contributed by atoms with Crippen molar-refractivity contribution < 1.29 is 14.3 Å². The molecule has 1 aliphatic rings. The molecule has 1 atom stereocenters. The lowest BCUT2D eigenvalue weighted by atomic mass is 9.95. The minimum atomic E-state index is -0.112. The average Bonchev–Trinajstić information content (AvgIpc) is 3.38. The second kappa shape index (κ2) is 8.67. The third-order valence-electron chi connectivity index (χ3n) is 5.11. The Morgan fingerprint density at radius 2 is 2.10 bits per heavy atom. The maximum atomic E-state index is 12.8. The van der Waals surface area contributed by atoms with Gasteiger partial charge in [-0.15, -0.1) is 11.3 Å². The highest BCUT2D eigenvalue weighted by molar-refractivity contribution is 7.20. The molecule has 1 N–H and O–H groups in total. The predicted molar refractivity (Wildman–Crippen MR) is 111 cm³/mol. The van der Waals surface area contributed by atoms with E-state index in [1.807, 2.05) is 17.0 Å². The molecule has 0 spiro atoms. The quantitative estimate of drug-likeness (QED) is 0.632. The van der Waals surface area contributed by atoms with Gasteiger partial charge in [-0.2, -0.15) is 0 Å². The summed E-state index contributed by atoms with van der Waals surface area (Å²) in [5, 5.41) is 3.91. The van der Waals surface area contributed by atoms with E-state index in [2.05, 4.69) is 15.3 Å². The summed E-state index contributed by atoms with van der Waals surface area (Å²) in [6, 6.07) is 7.36. The standard InChI is InChI=1S/C21H22N4O3S/c1-28-12-10-23-19(26)18-17(16-3-2-7-24-20(16)29-18)15-6-11-25(13-15)21(27)14-4-8-22-9-5-14/h2-5,7-9,15H,6,10-13H2,1H3,(H,23,26)/t15-/m1/s1. The molecule has 4 heterocycles. The first-order valence-electron chi connectivity index (χ1n) is 9.53. The SMILES string of the molecule is COCCNC(=O)c1sc2ncccc2c1[C@@H]1CCN(C(=O)c2ccncc2)C1. The van der Waals surface area contributed by atoms with Crippen molar-refractivity contribution in [3.63, 3.8) is 0 Å². The summed E-state index contributed by atoms with van der Waals surface area (Å²) >= 11 is 1.41. The van der Waals surface area contributed by atoms with E-state index in [-0.39, 0.29) is 17.7 Å². The smallest absolute Gasteiger partial charge is 0.261 e. The second-order valence-electron chi connectivity index (χ2n) is 6.92. The monoisotopic (exact) mass is 410 g/mol. The van der Waals surface area contributed by atoms with E-state index in [1.54, 1.807) is 37.8 Å². The van der Waals surface area contributed by atoms with E-state index in [9.17, 15) is 9.59 Å². The van der Waals surface area contributed by atoms with Crippen LogP contribution in [0.3, 0.4) is 0 Å². The zero-order chi connectivity index (χ0) is 20.2. The number of hydrogen-bond donors (Lipinski definition) is 1. The van der Waals surface area contributed by atoms with Crippen LogP contribution in [0.25, 0.3) is 10.2 Å². The minimum Gasteiger partial charge on any atom is -0.383 e. The number of thiophene rings is 1. The predicted octanol–water partition coefficient (Wildman–Crippen LogP) is 2.70. The van der Waals surface area contributed by atoms with Crippen LogP contribution in [0.2, 0.25) is 0 Å². The topological polar surface area (TPSA) is 84.4 Å². The Bertz CT molecular complexity index is 1020. The van der Waals surface area contributed by atoms with Crippen LogP contribution in [0.4, 0.5) is 0 Å². The fourth-order valence-corrected chi connectivity index (χ4v) is 4.88. The summed E-state index contributed by atoms with van der Waals surface area (Å²) < 4.78 is 5.03. The van der Waals surface area contributed by atoms with Gasteiger partial charge >= 0.3 is 0 Å². The number of hydrogen-bond acceptors (Lipinski definition) is 6. The summed E-state index contributed by atoms with van der Waals surface area (Å²) in [6.45, 7) is 2.16. The van der Waals surface area contributed by atoms with Gasteiger partial charge in [-0.1, -0.05) is 6.07 Å². The van der Waals surface area contributed by atoms with Crippen molar-refractivity contribution in [1.82, 2.24) is 20.2 Å². The highest BCUT2D eigenvalue weighted by Crippen LogP contribution is 2.39. The molecule has 0 radical (unpaired) electrons. The summed E-state index contributed by atoms with van der Waals surface area (Å²) in [7, 11) is 1.61. The van der Waals surface area contributed by atoms with Crippen LogP contribution in [-0.4, -0.2) is 60.0 Å². The normalized spacial score (nSPS) is 16.3. The summed E-state index contributed by atoms with van der Waals surface area (Å²) in [6.07, 6.45) is 5.81. The van der Waals surface area contributed by atoms with Crippen molar-refractivity contribution in [2.24, 2.45) is 0 Å². The van der Waals surface area contributed by atoms with E-state index in [4.69, 9.17) is 4.74 Å². The van der Waals surface area contributed by atoms with Crippen molar-refractivity contribution in [1.29, 1.82) is 0 Å². The number of amides is 2. The number of ether oxygens (including phenoxy) is 1. The zero-order valence-corrected chi connectivity index (χ0v) is 16.9. The molecular weight excluding hydrogens is 388 g/mol. The molecule has 3 aromatic heterocycles.